The van der Waals surface area contributed by atoms with Gasteiger partial charge in [0.2, 0.25) is 0 Å². The van der Waals surface area contributed by atoms with E-state index in [0.29, 0.717) is 12.2 Å². The zero-order valence-electron chi connectivity index (χ0n) is 11.4. The van der Waals surface area contributed by atoms with Crippen LogP contribution in [-0.4, -0.2) is 17.3 Å². The van der Waals surface area contributed by atoms with Crippen molar-refractivity contribution in [1.82, 2.24) is 0 Å². The Bertz CT molecular complexity index is 481. The summed E-state index contributed by atoms with van der Waals surface area (Å²) >= 11 is 0. The number of hydrogen-bond donors (Lipinski definition) is 1. The molecule has 3 rings (SSSR count). The normalized spacial score (nSPS) is 28.8. The lowest BCUT2D eigenvalue weighted by Gasteiger charge is -2.53. The van der Waals surface area contributed by atoms with Crippen molar-refractivity contribution in [3.8, 4) is 5.75 Å². The summed E-state index contributed by atoms with van der Waals surface area (Å²) in [5.74, 6) is -1.41. The first-order chi connectivity index (χ1) is 9.62. The van der Waals surface area contributed by atoms with Crippen LogP contribution in [0.3, 0.4) is 0 Å². The molecule has 0 radical (unpaired) electrons. The van der Waals surface area contributed by atoms with Gasteiger partial charge in [-0.3, -0.25) is 0 Å². The van der Waals surface area contributed by atoms with E-state index in [1.165, 1.54) is 18.9 Å². The topological polar surface area (TPSA) is 29.5 Å². The fourth-order valence-corrected chi connectivity index (χ4v) is 3.65. The highest BCUT2D eigenvalue weighted by atomic mass is 19.2. The van der Waals surface area contributed by atoms with Crippen LogP contribution in [0, 0.1) is 17.0 Å². The van der Waals surface area contributed by atoms with E-state index >= 15 is 0 Å². The number of hydrogen-bond acceptors (Lipinski definition) is 2. The zero-order chi connectivity index (χ0) is 14.2. The number of aliphatic hydroxyl groups excluding tert-OH is 1. The molecule has 110 valence electrons. The van der Waals surface area contributed by atoms with Crippen molar-refractivity contribution < 1.29 is 18.6 Å². The predicted molar refractivity (Wildman–Crippen MR) is 71.5 cm³/mol. The summed E-state index contributed by atoms with van der Waals surface area (Å²) in [7, 11) is 0. The minimum absolute atomic E-state index is 0.0829. The Labute approximate surface area is 117 Å². The Morgan fingerprint density at radius 1 is 1.05 bits per heavy atom. The monoisotopic (exact) mass is 282 g/mol. The van der Waals surface area contributed by atoms with Gasteiger partial charge in [-0.2, -0.15) is 0 Å². The first kappa shape index (κ1) is 13.8. The van der Waals surface area contributed by atoms with Gasteiger partial charge in [0.25, 0.3) is 0 Å². The molecule has 2 aliphatic rings. The molecule has 2 aliphatic carbocycles. The number of benzene rings is 1. The molecular formula is C16H20F2O2. The van der Waals surface area contributed by atoms with Gasteiger partial charge in [0.15, 0.2) is 11.6 Å². The molecule has 0 heterocycles. The molecule has 0 bridgehead atoms. The molecule has 1 aromatic rings. The number of ether oxygens (including phenoxy) is 1. The highest BCUT2D eigenvalue weighted by Gasteiger charge is 2.55. The van der Waals surface area contributed by atoms with Crippen LogP contribution in [-0.2, 0) is 0 Å². The SMILES string of the molecule is OC1CC(Oc2ccc(F)c(F)c2)C12CCCCCC2. The first-order valence-corrected chi connectivity index (χ1v) is 7.41. The Kier molecular flexibility index (Phi) is 3.67. The van der Waals surface area contributed by atoms with Crippen LogP contribution in [0.1, 0.15) is 44.9 Å². The van der Waals surface area contributed by atoms with Gasteiger partial charge in [-0.15, -0.1) is 0 Å². The molecule has 1 aromatic carbocycles. The number of aliphatic hydroxyl groups is 1. The van der Waals surface area contributed by atoms with Crippen molar-refractivity contribution in [2.45, 2.75) is 57.2 Å². The highest BCUT2D eigenvalue weighted by molar-refractivity contribution is 5.25. The maximum Gasteiger partial charge on any atom is 0.162 e. The van der Waals surface area contributed by atoms with Gasteiger partial charge < -0.3 is 9.84 Å². The van der Waals surface area contributed by atoms with Gasteiger partial charge in [-0.25, -0.2) is 8.78 Å². The fourth-order valence-electron chi connectivity index (χ4n) is 3.65. The summed E-state index contributed by atoms with van der Waals surface area (Å²) in [4.78, 5) is 0. The molecule has 2 nitrogen and oxygen atoms in total. The molecule has 2 unspecified atom stereocenters. The minimum Gasteiger partial charge on any atom is -0.490 e. The maximum absolute atomic E-state index is 13.2. The molecule has 4 heteroatoms. The standard InChI is InChI=1S/C16H20F2O2/c17-12-6-5-11(9-13(12)18)20-15-10-14(19)16(15)7-3-1-2-4-8-16/h5-6,9,14-15,19H,1-4,7-8,10H2. The summed E-state index contributed by atoms with van der Waals surface area (Å²) in [5, 5.41) is 10.2. The zero-order valence-corrected chi connectivity index (χ0v) is 11.4. The van der Waals surface area contributed by atoms with Crippen LogP contribution in [0.5, 0.6) is 5.75 Å². The maximum atomic E-state index is 13.2. The van der Waals surface area contributed by atoms with Crippen LogP contribution < -0.4 is 4.74 Å². The molecule has 2 atom stereocenters. The highest BCUT2D eigenvalue weighted by Crippen LogP contribution is 2.52. The van der Waals surface area contributed by atoms with Gasteiger partial charge in [-0.05, 0) is 25.0 Å². The molecule has 2 saturated carbocycles. The molecule has 2 fully saturated rings. The quantitative estimate of drug-likeness (QED) is 0.893. The summed E-state index contributed by atoms with van der Waals surface area (Å²) in [6.07, 6.45) is 6.71. The predicted octanol–water partition coefficient (Wildman–Crippen LogP) is 3.82. The van der Waals surface area contributed by atoms with Crippen molar-refractivity contribution in [3.63, 3.8) is 0 Å². The first-order valence-electron chi connectivity index (χ1n) is 7.41. The largest absolute Gasteiger partial charge is 0.490 e. The van der Waals surface area contributed by atoms with Crippen molar-refractivity contribution in [2.75, 3.05) is 0 Å². The van der Waals surface area contributed by atoms with Crippen molar-refractivity contribution >= 4 is 0 Å². The van der Waals surface area contributed by atoms with Crippen molar-refractivity contribution in [1.29, 1.82) is 0 Å². The third-order valence-corrected chi connectivity index (χ3v) is 4.95. The van der Waals surface area contributed by atoms with E-state index in [-0.39, 0.29) is 17.6 Å². The van der Waals surface area contributed by atoms with Crippen LogP contribution >= 0.6 is 0 Å². The van der Waals surface area contributed by atoms with E-state index in [9.17, 15) is 13.9 Å². The van der Waals surface area contributed by atoms with E-state index in [1.54, 1.807) is 0 Å². The number of rotatable bonds is 2. The molecule has 0 aliphatic heterocycles. The molecule has 1 N–H and O–H groups in total. The molecule has 20 heavy (non-hydrogen) atoms. The average molecular weight is 282 g/mol. The van der Waals surface area contributed by atoms with Gasteiger partial charge in [0, 0.05) is 17.9 Å². The third kappa shape index (κ3) is 2.30. The van der Waals surface area contributed by atoms with Gasteiger partial charge in [0.05, 0.1) is 6.10 Å². The smallest absolute Gasteiger partial charge is 0.162 e. The van der Waals surface area contributed by atoms with E-state index in [0.717, 1.165) is 37.8 Å². The van der Waals surface area contributed by atoms with Crippen LogP contribution in [0.25, 0.3) is 0 Å². The third-order valence-electron chi connectivity index (χ3n) is 4.95. The average Bonchev–Trinajstić information content (AvgIpc) is 2.70. The fraction of sp³-hybridized carbons (Fsp3) is 0.625. The molecular weight excluding hydrogens is 262 g/mol. The lowest BCUT2D eigenvalue weighted by Crippen LogP contribution is -2.59. The molecule has 1 spiro atoms. The van der Waals surface area contributed by atoms with E-state index in [1.807, 2.05) is 0 Å². The number of halogens is 2. The Hall–Kier alpha value is -1.16. The van der Waals surface area contributed by atoms with Crippen LogP contribution in [0.2, 0.25) is 0 Å². The Morgan fingerprint density at radius 3 is 2.35 bits per heavy atom. The summed E-state index contributed by atoms with van der Waals surface area (Å²) < 4.78 is 32.0. The summed E-state index contributed by atoms with van der Waals surface area (Å²) in [6, 6.07) is 3.62. The second-order valence-corrected chi connectivity index (χ2v) is 6.08. The Morgan fingerprint density at radius 2 is 1.75 bits per heavy atom. The molecule has 0 saturated heterocycles. The lowest BCUT2D eigenvalue weighted by atomic mass is 9.59. The Balaban J connectivity index is 1.75. The van der Waals surface area contributed by atoms with Gasteiger partial charge in [0.1, 0.15) is 11.9 Å². The van der Waals surface area contributed by atoms with Crippen LogP contribution in [0.4, 0.5) is 8.78 Å². The second kappa shape index (κ2) is 5.32. The summed E-state index contributed by atoms with van der Waals surface area (Å²) in [5.41, 5.74) is -0.179. The summed E-state index contributed by atoms with van der Waals surface area (Å²) in [6.45, 7) is 0. The van der Waals surface area contributed by atoms with Crippen LogP contribution in [0.15, 0.2) is 18.2 Å². The second-order valence-electron chi connectivity index (χ2n) is 6.08. The minimum atomic E-state index is -0.891. The van der Waals surface area contributed by atoms with Gasteiger partial charge >= 0.3 is 0 Å². The molecule has 0 amide bonds. The van der Waals surface area contributed by atoms with E-state index in [4.69, 9.17) is 4.74 Å². The van der Waals surface area contributed by atoms with E-state index < -0.39 is 11.6 Å². The lowest BCUT2D eigenvalue weighted by molar-refractivity contribution is -0.163. The molecule has 0 aromatic heterocycles. The van der Waals surface area contributed by atoms with Crippen molar-refractivity contribution in [2.24, 2.45) is 5.41 Å². The van der Waals surface area contributed by atoms with E-state index in [2.05, 4.69) is 0 Å². The van der Waals surface area contributed by atoms with Crippen molar-refractivity contribution in [3.05, 3.63) is 29.8 Å². The van der Waals surface area contributed by atoms with Gasteiger partial charge in [-0.1, -0.05) is 25.7 Å².